The van der Waals surface area contributed by atoms with Crippen LogP contribution in [0.15, 0.2) is 12.5 Å². The molecule has 0 bridgehead atoms. The smallest absolute Gasteiger partial charge is 0.317 e. The summed E-state index contributed by atoms with van der Waals surface area (Å²) in [6.45, 7) is 8.99. The van der Waals surface area contributed by atoms with Crippen molar-refractivity contribution in [2.24, 2.45) is 0 Å². The largest absolute Gasteiger partial charge is 0.331 e. The monoisotopic (exact) mass is 322 g/mol. The minimum absolute atomic E-state index is 0.144. The van der Waals surface area contributed by atoms with Gasteiger partial charge in [0.15, 0.2) is 0 Å². The summed E-state index contributed by atoms with van der Waals surface area (Å²) in [6.07, 6.45) is 3.32. The van der Waals surface area contributed by atoms with Crippen LogP contribution in [0.4, 0.5) is 4.79 Å². The van der Waals surface area contributed by atoms with Gasteiger partial charge in [0.2, 0.25) is 0 Å². The van der Waals surface area contributed by atoms with Gasteiger partial charge in [-0.15, -0.1) is 11.3 Å². The maximum absolute atomic E-state index is 12.2. The molecule has 0 atom stereocenters. The molecule has 0 aliphatic heterocycles. The van der Waals surface area contributed by atoms with Crippen LogP contribution < -0.4 is 5.32 Å². The number of carbonyl (C=O) groups excluding carboxylic acids is 1. The minimum Gasteiger partial charge on any atom is -0.331 e. The number of carbonyl (C=O) groups is 1. The van der Waals surface area contributed by atoms with Crippen LogP contribution in [0.5, 0.6) is 0 Å². The van der Waals surface area contributed by atoms with E-state index < -0.39 is 0 Å². The van der Waals surface area contributed by atoms with E-state index in [0.29, 0.717) is 13.1 Å². The molecule has 2 rings (SSSR count). The second-order valence-corrected chi connectivity index (χ2v) is 7.44. The van der Waals surface area contributed by atoms with E-state index in [1.165, 1.54) is 6.33 Å². The molecule has 8 heteroatoms. The Morgan fingerprint density at radius 2 is 2.14 bits per heavy atom. The predicted octanol–water partition coefficient (Wildman–Crippen LogP) is 2.14. The Morgan fingerprint density at radius 1 is 1.41 bits per heavy atom. The summed E-state index contributed by atoms with van der Waals surface area (Å²) >= 11 is 1.60. The first-order valence-electron chi connectivity index (χ1n) is 7.07. The van der Waals surface area contributed by atoms with Gasteiger partial charge >= 0.3 is 6.03 Å². The summed E-state index contributed by atoms with van der Waals surface area (Å²) < 4.78 is 1.82. The van der Waals surface area contributed by atoms with E-state index in [-0.39, 0.29) is 11.6 Å². The Kier molecular flexibility index (Phi) is 4.80. The van der Waals surface area contributed by atoms with Gasteiger partial charge in [-0.05, 0) is 27.7 Å². The average Bonchev–Trinajstić information content (AvgIpc) is 3.04. The number of aromatic nitrogens is 4. The predicted molar refractivity (Wildman–Crippen MR) is 85.6 cm³/mol. The highest BCUT2D eigenvalue weighted by Crippen LogP contribution is 2.15. The summed E-state index contributed by atoms with van der Waals surface area (Å²) in [5.41, 5.74) is -0.164. The van der Waals surface area contributed by atoms with Crippen molar-refractivity contribution in [1.29, 1.82) is 0 Å². The van der Waals surface area contributed by atoms with Crippen LogP contribution in [-0.2, 0) is 18.6 Å². The lowest BCUT2D eigenvalue weighted by Crippen LogP contribution is -2.37. The summed E-state index contributed by atoms with van der Waals surface area (Å²) in [5, 5.41) is 8.09. The van der Waals surface area contributed by atoms with Crippen LogP contribution in [0.3, 0.4) is 0 Å². The van der Waals surface area contributed by atoms with Gasteiger partial charge in [-0.3, -0.25) is 0 Å². The zero-order valence-electron chi connectivity index (χ0n) is 13.6. The Labute approximate surface area is 134 Å². The second kappa shape index (κ2) is 6.43. The number of rotatable bonds is 4. The highest BCUT2D eigenvalue weighted by Gasteiger charge is 2.19. The number of nitrogens with zero attached hydrogens (tertiary/aromatic N) is 5. The molecule has 120 valence electrons. The fraction of sp³-hybridized carbons (Fsp3) is 0.571. The molecule has 2 amide bonds. The Balaban J connectivity index is 1.91. The molecule has 2 heterocycles. The van der Waals surface area contributed by atoms with E-state index in [0.717, 1.165) is 15.7 Å². The van der Waals surface area contributed by atoms with Crippen molar-refractivity contribution in [3.05, 3.63) is 28.2 Å². The molecule has 2 aromatic rings. The summed E-state index contributed by atoms with van der Waals surface area (Å²) in [7, 11) is 1.76. The molecule has 0 aromatic carbocycles. The molecule has 22 heavy (non-hydrogen) atoms. The fourth-order valence-corrected chi connectivity index (χ4v) is 2.87. The van der Waals surface area contributed by atoms with Crippen LogP contribution in [0.1, 0.15) is 36.5 Å². The maximum atomic E-state index is 12.2. The van der Waals surface area contributed by atoms with E-state index in [1.54, 1.807) is 29.5 Å². The molecule has 2 aromatic heterocycles. The number of aryl methyl sites for hydroxylation is 1. The van der Waals surface area contributed by atoms with Gasteiger partial charge in [0.1, 0.15) is 12.2 Å². The second-order valence-electron chi connectivity index (χ2n) is 6.12. The van der Waals surface area contributed by atoms with Crippen molar-refractivity contribution >= 4 is 17.4 Å². The zero-order chi connectivity index (χ0) is 16.3. The van der Waals surface area contributed by atoms with Crippen LogP contribution in [0.2, 0.25) is 0 Å². The van der Waals surface area contributed by atoms with Gasteiger partial charge in [0.25, 0.3) is 0 Å². The third-order valence-electron chi connectivity index (χ3n) is 3.06. The van der Waals surface area contributed by atoms with E-state index in [4.69, 9.17) is 0 Å². The molecule has 0 aliphatic rings. The topological polar surface area (TPSA) is 75.9 Å². The number of nitrogens with one attached hydrogen (secondary N) is 1. The molecule has 0 aliphatic carbocycles. The van der Waals surface area contributed by atoms with Crippen molar-refractivity contribution in [3.63, 3.8) is 0 Å². The quantitative estimate of drug-likeness (QED) is 0.935. The SMILES string of the molecule is Cc1ncc(CN(C)C(=O)NCc2ncnn2C(C)(C)C)s1. The van der Waals surface area contributed by atoms with Crippen molar-refractivity contribution in [2.45, 2.75) is 46.3 Å². The minimum atomic E-state index is -0.164. The van der Waals surface area contributed by atoms with Gasteiger partial charge in [-0.1, -0.05) is 0 Å². The molecular formula is C14H22N6OS. The molecular weight excluding hydrogens is 300 g/mol. The van der Waals surface area contributed by atoms with Crippen LogP contribution in [0.25, 0.3) is 0 Å². The number of urea groups is 1. The zero-order valence-corrected chi connectivity index (χ0v) is 14.4. The average molecular weight is 322 g/mol. The van der Waals surface area contributed by atoms with Crippen molar-refractivity contribution in [3.8, 4) is 0 Å². The lowest BCUT2D eigenvalue weighted by Gasteiger charge is -2.22. The van der Waals surface area contributed by atoms with Gasteiger partial charge in [0, 0.05) is 18.1 Å². The maximum Gasteiger partial charge on any atom is 0.317 e. The molecule has 0 radical (unpaired) electrons. The molecule has 0 spiro atoms. The number of amides is 2. The molecule has 1 N–H and O–H groups in total. The van der Waals surface area contributed by atoms with Crippen LogP contribution in [0, 0.1) is 6.92 Å². The highest BCUT2D eigenvalue weighted by molar-refractivity contribution is 7.11. The van der Waals surface area contributed by atoms with E-state index in [1.807, 2.05) is 32.4 Å². The van der Waals surface area contributed by atoms with E-state index in [2.05, 4.69) is 20.4 Å². The lowest BCUT2D eigenvalue weighted by molar-refractivity contribution is 0.206. The molecule has 0 fully saturated rings. The molecule has 0 saturated heterocycles. The lowest BCUT2D eigenvalue weighted by atomic mass is 10.1. The first kappa shape index (κ1) is 16.4. The number of hydrogen-bond acceptors (Lipinski definition) is 5. The van der Waals surface area contributed by atoms with Crippen molar-refractivity contribution in [1.82, 2.24) is 30.0 Å². The molecule has 0 unspecified atom stereocenters. The van der Waals surface area contributed by atoms with E-state index >= 15 is 0 Å². The number of hydrogen-bond donors (Lipinski definition) is 1. The number of thiazole rings is 1. The van der Waals surface area contributed by atoms with E-state index in [9.17, 15) is 4.79 Å². The third kappa shape index (κ3) is 4.03. The van der Waals surface area contributed by atoms with Crippen molar-refractivity contribution in [2.75, 3.05) is 7.05 Å². The van der Waals surface area contributed by atoms with Gasteiger partial charge in [-0.25, -0.2) is 19.4 Å². The highest BCUT2D eigenvalue weighted by atomic mass is 32.1. The normalized spacial score (nSPS) is 11.5. The van der Waals surface area contributed by atoms with Gasteiger partial charge in [-0.2, -0.15) is 5.10 Å². The third-order valence-corrected chi connectivity index (χ3v) is 3.96. The van der Waals surface area contributed by atoms with Crippen LogP contribution >= 0.6 is 11.3 Å². The summed E-state index contributed by atoms with van der Waals surface area (Å²) in [4.78, 5) is 23.2. The summed E-state index contributed by atoms with van der Waals surface area (Å²) in [5.74, 6) is 0.739. The standard InChI is InChI=1S/C14H22N6OS/c1-10-15-6-11(22-10)8-19(5)13(21)16-7-12-17-9-18-20(12)14(2,3)4/h6,9H,7-8H2,1-5H3,(H,16,21). The molecule has 0 saturated carbocycles. The Bertz CT molecular complexity index is 642. The first-order valence-corrected chi connectivity index (χ1v) is 7.88. The fourth-order valence-electron chi connectivity index (χ4n) is 2.02. The first-order chi connectivity index (χ1) is 10.3. The Hall–Kier alpha value is -1.96. The Morgan fingerprint density at radius 3 is 2.73 bits per heavy atom. The summed E-state index contributed by atoms with van der Waals surface area (Å²) in [6, 6.07) is -0.144. The van der Waals surface area contributed by atoms with Gasteiger partial charge in [0.05, 0.1) is 23.6 Å². The van der Waals surface area contributed by atoms with Crippen LogP contribution in [-0.4, -0.2) is 37.7 Å². The molecule has 7 nitrogen and oxygen atoms in total. The van der Waals surface area contributed by atoms with Crippen molar-refractivity contribution < 1.29 is 4.79 Å². The van der Waals surface area contributed by atoms with Gasteiger partial charge < -0.3 is 10.2 Å².